The molecule has 0 saturated carbocycles. The summed E-state index contributed by atoms with van der Waals surface area (Å²) >= 11 is 0. The van der Waals surface area contributed by atoms with Gasteiger partial charge in [0.2, 0.25) is 0 Å². The highest BCUT2D eigenvalue weighted by atomic mass is 31.2. The molecule has 1 N–H and O–H groups in total. The van der Waals surface area contributed by atoms with Gasteiger partial charge in [0.25, 0.3) is 0 Å². The largest absolute Gasteiger partial charge is 0.437 e. The van der Waals surface area contributed by atoms with E-state index >= 15 is 0 Å². The lowest BCUT2D eigenvalue weighted by molar-refractivity contribution is 0.252. The minimum Gasteiger partial charge on any atom is -0.308 e. The van der Waals surface area contributed by atoms with E-state index in [0.29, 0.717) is 6.42 Å². The summed E-state index contributed by atoms with van der Waals surface area (Å²) in [5, 5.41) is 0. The first-order chi connectivity index (χ1) is 5.67. The molecule has 0 spiro atoms. The number of hydrogen-bond acceptors (Lipinski definition) is 3. The summed E-state index contributed by atoms with van der Waals surface area (Å²) in [5.41, 5.74) is 0. The molecule has 0 amide bonds. The monoisotopic (exact) mass is 190 g/mol. The Hall–Kier alpha value is -0.640. The molecule has 1 aromatic rings. The van der Waals surface area contributed by atoms with Crippen molar-refractivity contribution >= 4 is 7.75 Å². The smallest absolute Gasteiger partial charge is 0.308 e. The Labute approximate surface area is 70.6 Å². The van der Waals surface area contributed by atoms with E-state index in [1.807, 2.05) is 6.92 Å². The first-order valence-corrected chi connectivity index (χ1v) is 5.16. The van der Waals surface area contributed by atoms with Crippen molar-refractivity contribution in [1.29, 1.82) is 0 Å². The Morgan fingerprint density at radius 3 is 3.00 bits per heavy atom. The average molecular weight is 190 g/mol. The van der Waals surface area contributed by atoms with Gasteiger partial charge in [-0.15, -0.1) is 0 Å². The standard InChI is InChI=1S/C6H11N2O3P/c1-2-5-11-12(9,10)8-4-3-7-6-8/h3-4,6H,2,5H2,1H3,(H,9,10). The van der Waals surface area contributed by atoms with E-state index in [2.05, 4.69) is 4.98 Å². The maximum Gasteiger partial charge on any atom is 0.437 e. The fraction of sp³-hybridized carbons (Fsp3) is 0.500. The Balaban J connectivity index is 2.66. The van der Waals surface area contributed by atoms with Gasteiger partial charge < -0.3 is 4.89 Å². The van der Waals surface area contributed by atoms with Crippen LogP contribution >= 0.6 is 7.75 Å². The van der Waals surface area contributed by atoms with Crippen LogP contribution in [0.25, 0.3) is 0 Å². The van der Waals surface area contributed by atoms with E-state index in [0.717, 1.165) is 4.34 Å². The highest BCUT2D eigenvalue weighted by molar-refractivity contribution is 7.51. The molecule has 5 nitrogen and oxygen atoms in total. The summed E-state index contributed by atoms with van der Waals surface area (Å²) in [4.78, 5) is 12.9. The van der Waals surface area contributed by atoms with Crippen molar-refractivity contribution in [2.24, 2.45) is 0 Å². The Morgan fingerprint density at radius 1 is 1.75 bits per heavy atom. The zero-order valence-electron chi connectivity index (χ0n) is 6.75. The van der Waals surface area contributed by atoms with Crippen molar-refractivity contribution < 1.29 is 14.0 Å². The van der Waals surface area contributed by atoms with Gasteiger partial charge in [0.15, 0.2) is 0 Å². The number of nitrogens with zero attached hydrogens (tertiary/aromatic N) is 2. The molecule has 1 heterocycles. The van der Waals surface area contributed by atoms with Crippen molar-refractivity contribution in [1.82, 2.24) is 9.32 Å². The van der Waals surface area contributed by atoms with Crippen LogP contribution in [0.15, 0.2) is 18.7 Å². The first kappa shape index (κ1) is 9.45. The molecule has 0 saturated heterocycles. The molecule has 0 aliphatic rings. The lowest BCUT2D eigenvalue weighted by Gasteiger charge is -2.10. The van der Waals surface area contributed by atoms with Crippen LogP contribution in [-0.4, -0.2) is 20.8 Å². The molecule has 0 bridgehead atoms. The van der Waals surface area contributed by atoms with Gasteiger partial charge in [-0.3, -0.25) is 4.52 Å². The molecule has 0 aliphatic heterocycles. The second-order valence-electron chi connectivity index (χ2n) is 2.27. The van der Waals surface area contributed by atoms with Crippen molar-refractivity contribution in [3.8, 4) is 0 Å². The average Bonchev–Trinajstić information content (AvgIpc) is 2.53. The second kappa shape index (κ2) is 3.85. The predicted octanol–water partition coefficient (Wildman–Crippen LogP) is 1.26. The van der Waals surface area contributed by atoms with E-state index in [1.54, 1.807) is 0 Å². The SMILES string of the molecule is CCCOP(=O)(O)n1ccnc1. The minimum absolute atomic E-state index is 0.270. The molecule has 6 heteroatoms. The summed E-state index contributed by atoms with van der Waals surface area (Å²) in [6.07, 6.45) is 4.80. The Morgan fingerprint density at radius 2 is 2.50 bits per heavy atom. The molecule has 1 unspecified atom stereocenters. The zero-order valence-corrected chi connectivity index (χ0v) is 7.65. The fourth-order valence-electron chi connectivity index (χ4n) is 0.678. The van der Waals surface area contributed by atoms with Crippen LogP contribution < -0.4 is 0 Å². The van der Waals surface area contributed by atoms with Gasteiger partial charge in [-0.2, -0.15) is 0 Å². The topological polar surface area (TPSA) is 64.3 Å². The molecule has 68 valence electrons. The summed E-state index contributed by atoms with van der Waals surface area (Å²) in [5.74, 6) is 0. The van der Waals surface area contributed by atoms with Crippen molar-refractivity contribution in [3.05, 3.63) is 18.7 Å². The number of imidazole rings is 1. The molecule has 1 aromatic heterocycles. The van der Waals surface area contributed by atoms with Gasteiger partial charge in [0.1, 0.15) is 6.33 Å². The third-order valence-electron chi connectivity index (χ3n) is 1.25. The van der Waals surface area contributed by atoms with Gasteiger partial charge >= 0.3 is 7.75 Å². The van der Waals surface area contributed by atoms with Crippen molar-refractivity contribution in [2.45, 2.75) is 13.3 Å². The quantitative estimate of drug-likeness (QED) is 0.726. The van der Waals surface area contributed by atoms with E-state index < -0.39 is 7.75 Å². The molecule has 0 aliphatic carbocycles. The Bertz CT molecular complexity index is 272. The van der Waals surface area contributed by atoms with Crippen LogP contribution in [0.2, 0.25) is 0 Å². The van der Waals surface area contributed by atoms with E-state index in [1.165, 1.54) is 18.7 Å². The van der Waals surface area contributed by atoms with Gasteiger partial charge in [0, 0.05) is 12.4 Å². The third kappa shape index (κ3) is 2.17. The fourth-order valence-corrected chi connectivity index (χ4v) is 1.65. The molecule has 1 atom stereocenters. The maximum atomic E-state index is 11.3. The molecule has 0 fully saturated rings. The van der Waals surface area contributed by atoms with Gasteiger partial charge in [-0.05, 0) is 6.42 Å². The summed E-state index contributed by atoms with van der Waals surface area (Å²) in [6, 6.07) is 0. The van der Waals surface area contributed by atoms with E-state index in [9.17, 15) is 9.46 Å². The molecule has 0 radical (unpaired) electrons. The van der Waals surface area contributed by atoms with Crippen molar-refractivity contribution in [3.63, 3.8) is 0 Å². The first-order valence-electron chi connectivity index (χ1n) is 3.63. The van der Waals surface area contributed by atoms with Crippen LogP contribution in [0.3, 0.4) is 0 Å². The van der Waals surface area contributed by atoms with Crippen molar-refractivity contribution in [2.75, 3.05) is 6.61 Å². The van der Waals surface area contributed by atoms with Crippen LogP contribution in [-0.2, 0) is 9.09 Å². The number of hydrogen-bond donors (Lipinski definition) is 1. The van der Waals surface area contributed by atoms with E-state index in [-0.39, 0.29) is 6.61 Å². The summed E-state index contributed by atoms with van der Waals surface area (Å²) in [7, 11) is -3.66. The van der Waals surface area contributed by atoms with Gasteiger partial charge in [-0.25, -0.2) is 13.9 Å². The molecular formula is C6H11N2O3P. The maximum absolute atomic E-state index is 11.3. The van der Waals surface area contributed by atoms with Gasteiger partial charge in [-0.1, -0.05) is 6.92 Å². The summed E-state index contributed by atoms with van der Waals surface area (Å²) < 4.78 is 17.1. The van der Waals surface area contributed by atoms with Gasteiger partial charge in [0.05, 0.1) is 6.61 Å². The summed E-state index contributed by atoms with van der Waals surface area (Å²) in [6.45, 7) is 2.14. The Kier molecular flexibility index (Phi) is 3.03. The highest BCUT2D eigenvalue weighted by Gasteiger charge is 2.20. The highest BCUT2D eigenvalue weighted by Crippen LogP contribution is 2.42. The predicted molar refractivity (Wildman–Crippen MR) is 43.7 cm³/mol. The minimum atomic E-state index is -3.66. The number of rotatable bonds is 4. The number of aromatic nitrogens is 2. The second-order valence-corrected chi connectivity index (χ2v) is 3.97. The molecule has 1 rings (SSSR count). The lowest BCUT2D eigenvalue weighted by atomic mass is 10.5. The van der Waals surface area contributed by atoms with Crippen LogP contribution in [0.4, 0.5) is 0 Å². The van der Waals surface area contributed by atoms with Crippen LogP contribution in [0.5, 0.6) is 0 Å². The van der Waals surface area contributed by atoms with E-state index in [4.69, 9.17) is 4.52 Å². The molecule has 0 aromatic carbocycles. The molecular weight excluding hydrogens is 179 g/mol. The zero-order chi connectivity index (χ0) is 9.03. The molecule has 12 heavy (non-hydrogen) atoms. The van der Waals surface area contributed by atoms with Crippen LogP contribution in [0, 0.1) is 0 Å². The lowest BCUT2D eigenvalue weighted by Crippen LogP contribution is -1.98. The van der Waals surface area contributed by atoms with Crippen LogP contribution in [0.1, 0.15) is 13.3 Å². The third-order valence-corrected chi connectivity index (χ3v) is 2.59. The normalized spacial score (nSPS) is 15.8.